The minimum atomic E-state index is -0.170. The van der Waals surface area contributed by atoms with Crippen LogP contribution in [0.2, 0.25) is 0 Å². The number of hydrogen-bond donors (Lipinski definition) is 1. The van der Waals surface area contributed by atoms with Crippen molar-refractivity contribution in [2.24, 2.45) is 5.92 Å². The van der Waals surface area contributed by atoms with Crippen molar-refractivity contribution in [2.45, 2.75) is 32.9 Å². The van der Waals surface area contributed by atoms with Gasteiger partial charge < -0.3 is 14.8 Å². The second-order valence-electron chi connectivity index (χ2n) is 4.96. The fourth-order valence-corrected chi connectivity index (χ4v) is 2.60. The van der Waals surface area contributed by atoms with E-state index in [4.69, 9.17) is 9.47 Å². The Morgan fingerprint density at radius 2 is 2.35 bits per heavy atom. The third kappa shape index (κ3) is 2.86. The normalized spacial score (nSPS) is 22.1. The molecular weight excluding hydrogens is 258 g/mol. The summed E-state index contributed by atoms with van der Waals surface area (Å²) in [5.41, 5.74) is 0.563. The predicted octanol–water partition coefficient (Wildman–Crippen LogP) is 1.11. The molecule has 0 aliphatic carbocycles. The summed E-state index contributed by atoms with van der Waals surface area (Å²) in [6, 6.07) is 0.0715. The number of hydrogen-bond acceptors (Lipinski definition) is 5. The Morgan fingerprint density at radius 3 is 3.00 bits per heavy atom. The Hall–Kier alpha value is -1.40. The number of nitrogens with zero attached hydrogens (tertiary/aromatic N) is 2. The van der Waals surface area contributed by atoms with E-state index < -0.39 is 0 Å². The lowest BCUT2D eigenvalue weighted by Crippen LogP contribution is -2.39. The van der Waals surface area contributed by atoms with Crippen LogP contribution in [-0.4, -0.2) is 48.5 Å². The Labute approximate surface area is 119 Å². The summed E-state index contributed by atoms with van der Waals surface area (Å²) in [5, 5.41) is 7.56. The van der Waals surface area contributed by atoms with Crippen molar-refractivity contribution < 1.29 is 14.3 Å². The van der Waals surface area contributed by atoms with Gasteiger partial charge in [-0.25, -0.2) is 0 Å². The molecule has 112 valence electrons. The maximum atomic E-state index is 12.8. The molecule has 20 heavy (non-hydrogen) atoms. The maximum absolute atomic E-state index is 12.8. The lowest BCUT2D eigenvalue weighted by molar-refractivity contribution is 0.0877. The summed E-state index contributed by atoms with van der Waals surface area (Å²) >= 11 is 0. The van der Waals surface area contributed by atoms with E-state index >= 15 is 0 Å². The van der Waals surface area contributed by atoms with Crippen molar-refractivity contribution in [2.75, 3.05) is 26.9 Å². The molecule has 1 aliphatic heterocycles. The molecule has 1 aromatic heterocycles. The second kappa shape index (κ2) is 6.85. The van der Waals surface area contributed by atoms with Gasteiger partial charge in [-0.2, -0.15) is 5.10 Å². The van der Waals surface area contributed by atoms with E-state index in [1.807, 2.05) is 6.92 Å². The Balaban J connectivity index is 2.25. The van der Waals surface area contributed by atoms with E-state index in [9.17, 15) is 4.79 Å². The van der Waals surface area contributed by atoms with Crippen molar-refractivity contribution in [3.63, 3.8) is 0 Å². The summed E-state index contributed by atoms with van der Waals surface area (Å²) < 4.78 is 12.5. The van der Waals surface area contributed by atoms with Gasteiger partial charge >= 0.3 is 0 Å². The van der Waals surface area contributed by atoms with Crippen LogP contribution < -0.4 is 10.1 Å². The summed E-state index contributed by atoms with van der Waals surface area (Å²) in [4.78, 5) is 12.8. The standard InChI is InChI=1S/C14H23N3O3/c1-4-6-17-13(12(19-3)7-16-17)14(18)10-8-20-9-11(10)15-5-2/h7,10-11,15H,4-6,8-9H2,1-3H3. The van der Waals surface area contributed by atoms with Crippen LogP contribution in [0.3, 0.4) is 0 Å². The SMILES string of the molecule is CCCn1ncc(OC)c1C(=O)C1COCC1NCC. The number of methoxy groups -OCH3 is 1. The molecule has 6 heteroatoms. The second-order valence-corrected chi connectivity index (χ2v) is 4.96. The van der Waals surface area contributed by atoms with Crippen molar-refractivity contribution in [3.8, 4) is 5.75 Å². The zero-order valence-electron chi connectivity index (χ0n) is 12.4. The van der Waals surface area contributed by atoms with E-state index in [1.165, 1.54) is 0 Å². The predicted molar refractivity (Wildman–Crippen MR) is 75.2 cm³/mol. The molecule has 2 unspecified atom stereocenters. The van der Waals surface area contributed by atoms with Gasteiger partial charge in [0.15, 0.2) is 11.5 Å². The van der Waals surface area contributed by atoms with Gasteiger partial charge in [-0.05, 0) is 13.0 Å². The smallest absolute Gasteiger partial charge is 0.191 e. The highest BCUT2D eigenvalue weighted by atomic mass is 16.5. The topological polar surface area (TPSA) is 65.4 Å². The number of Topliss-reactive ketones (excluding diaryl/α,β-unsaturated/α-hetero) is 1. The number of likely N-dealkylation sites (N-methyl/N-ethyl adjacent to an activating group) is 1. The van der Waals surface area contributed by atoms with Gasteiger partial charge in [-0.15, -0.1) is 0 Å². The van der Waals surface area contributed by atoms with Crippen LogP contribution in [0.1, 0.15) is 30.8 Å². The number of aromatic nitrogens is 2. The molecule has 0 saturated carbocycles. The van der Waals surface area contributed by atoms with Gasteiger partial charge in [0, 0.05) is 12.6 Å². The lowest BCUT2D eigenvalue weighted by Gasteiger charge is -2.18. The van der Waals surface area contributed by atoms with Gasteiger partial charge in [0.05, 0.1) is 32.4 Å². The van der Waals surface area contributed by atoms with Gasteiger partial charge in [0.1, 0.15) is 5.69 Å². The van der Waals surface area contributed by atoms with Crippen LogP contribution >= 0.6 is 0 Å². The van der Waals surface area contributed by atoms with Crippen LogP contribution in [0.15, 0.2) is 6.20 Å². The molecular formula is C14H23N3O3. The number of carbonyl (C=O) groups is 1. The highest BCUT2D eigenvalue weighted by molar-refractivity contribution is 5.99. The van der Waals surface area contributed by atoms with E-state index in [0.717, 1.165) is 13.0 Å². The number of carbonyl (C=O) groups excluding carboxylic acids is 1. The maximum Gasteiger partial charge on any atom is 0.191 e. The fraction of sp³-hybridized carbons (Fsp3) is 0.714. The number of aryl methyl sites for hydroxylation is 1. The molecule has 2 heterocycles. The number of ether oxygens (including phenoxy) is 2. The summed E-state index contributed by atoms with van der Waals surface area (Å²) in [7, 11) is 1.57. The van der Waals surface area contributed by atoms with Crippen LogP contribution in [0, 0.1) is 5.92 Å². The van der Waals surface area contributed by atoms with E-state index in [1.54, 1.807) is 18.0 Å². The number of rotatable bonds is 7. The molecule has 1 N–H and O–H groups in total. The number of nitrogens with one attached hydrogen (secondary N) is 1. The molecule has 0 amide bonds. The third-order valence-corrected chi connectivity index (χ3v) is 3.58. The van der Waals surface area contributed by atoms with E-state index in [0.29, 0.717) is 31.2 Å². The van der Waals surface area contributed by atoms with Crippen LogP contribution in [0.4, 0.5) is 0 Å². The molecule has 2 rings (SSSR count). The monoisotopic (exact) mass is 281 g/mol. The van der Waals surface area contributed by atoms with Crippen LogP contribution in [-0.2, 0) is 11.3 Å². The Morgan fingerprint density at radius 1 is 1.55 bits per heavy atom. The molecule has 6 nitrogen and oxygen atoms in total. The first-order valence-electron chi connectivity index (χ1n) is 7.18. The first-order chi connectivity index (χ1) is 9.72. The first kappa shape index (κ1) is 15.0. The molecule has 0 bridgehead atoms. The molecule has 0 aromatic carbocycles. The molecule has 0 spiro atoms. The zero-order chi connectivity index (χ0) is 14.5. The van der Waals surface area contributed by atoms with Crippen molar-refractivity contribution in [1.82, 2.24) is 15.1 Å². The summed E-state index contributed by atoms with van der Waals surface area (Å²) in [5.74, 6) is 0.429. The summed E-state index contributed by atoms with van der Waals surface area (Å²) in [6.45, 7) is 6.66. The van der Waals surface area contributed by atoms with Crippen LogP contribution in [0.25, 0.3) is 0 Å². The van der Waals surface area contributed by atoms with Gasteiger partial charge in [0.25, 0.3) is 0 Å². The third-order valence-electron chi connectivity index (χ3n) is 3.58. The van der Waals surface area contributed by atoms with Crippen molar-refractivity contribution in [1.29, 1.82) is 0 Å². The highest BCUT2D eigenvalue weighted by Gasteiger charge is 2.36. The van der Waals surface area contributed by atoms with Gasteiger partial charge in [-0.1, -0.05) is 13.8 Å². The molecule has 1 fully saturated rings. The highest BCUT2D eigenvalue weighted by Crippen LogP contribution is 2.25. The average molecular weight is 281 g/mol. The van der Waals surface area contributed by atoms with Gasteiger partial charge in [-0.3, -0.25) is 9.48 Å². The zero-order valence-corrected chi connectivity index (χ0v) is 12.4. The van der Waals surface area contributed by atoms with E-state index in [2.05, 4.69) is 17.3 Å². The largest absolute Gasteiger partial charge is 0.493 e. The quantitative estimate of drug-likeness (QED) is 0.758. The fourth-order valence-electron chi connectivity index (χ4n) is 2.60. The minimum Gasteiger partial charge on any atom is -0.493 e. The van der Waals surface area contributed by atoms with E-state index in [-0.39, 0.29) is 17.7 Å². The van der Waals surface area contributed by atoms with Crippen LogP contribution in [0.5, 0.6) is 5.75 Å². The lowest BCUT2D eigenvalue weighted by atomic mass is 9.96. The molecule has 1 saturated heterocycles. The minimum absolute atomic E-state index is 0.0521. The Bertz CT molecular complexity index is 459. The van der Waals surface area contributed by atoms with Crippen molar-refractivity contribution in [3.05, 3.63) is 11.9 Å². The van der Waals surface area contributed by atoms with Gasteiger partial charge in [0.2, 0.25) is 0 Å². The molecule has 1 aliphatic rings. The molecule has 2 atom stereocenters. The number of ketones is 1. The van der Waals surface area contributed by atoms with Crippen molar-refractivity contribution >= 4 is 5.78 Å². The first-order valence-corrected chi connectivity index (χ1v) is 7.18. The molecule has 1 aromatic rings. The average Bonchev–Trinajstić information content (AvgIpc) is 3.05. The Kier molecular flexibility index (Phi) is 5.14. The summed E-state index contributed by atoms with van der Waals surface area (Å²) in [6.07, 6.45) is 2.53. The molecule has 0 radical (unpaired) electrons.